The van der Waals surface area contributed by atoms with Gasteiger partial charge in [0.1, 0.15) is 5.75 Å². The predicted molar refractivity (Wildman–Crippen MR) is 89.7 cm³/mol. The third-order valence-electron chi connectivity index (χ3n) is 3.98. The van der Waals surface area contributed by atoms with E-state index in [0.29, 0.717) is 18.9 Å². The summed E-state index contributed by atoms with van der Waals surface area (Å²) in [5, 5.41) is 3.27. The Morgan fingerprint density at radius 1 is 1.36 bits per heavy atom. The Balaban J connectivity index is 1.76. The molecule has 25 heavy (non-hydrogen) atoms. The van der Waals surface area contributed by atoms with E-state index >= 15 is 0 Å². The largest absolute Gasteiger partial charge is 0.573 e. The average molecular weight is 359 g/mol. The number of alkyl halides is 3. The molecule has 1 fully saturated rings. The van der Waals surface area contributed by atoms with Crippen LogP contribution in [0.25, 0.3) is 0 Å². The standard InChI is InChI=1S/C17H24F3N3O2/c1-21-16(23(2)11-14-8-10-24-12-14)22-9-7-13-3-5-15(6-4-13)25-17(18,19)20/h3-6,14H,7-12H2,1-2H3,(H,21,22). The van der Waals surface area contributed by atoms with E-state index in [2.05, 4.69) is 19.9 Å². The van der Waals surface area contributed by atoms with Crippen molar-refractivity contribution in [3.63, 3.8) is 0 Å². The summed E-state index contributed by atoms with van der Waals surface area (Å²) in [5.74, 6) is 1.10. The highest BCUT2D eigenvalue weighted by molar-refractivity contribution is 5.79. The predicted octanol–water partition coefficient (Wildman–Crippen LogP) is 2.67. The van der Waals surface area contributed by atoms with Crippen LogP contribution < -0.4 is 10.1 Å². The van der Waals surface area contributed by atoms with Crippen molar-refractivity contribution in [2.45, 2.75) is 19.2 Å². The van der Waals surface area contributed by atoms with Gasteiger partial charge in [0.2, 0.25) is 0 Å². The van der Waals surface area contributed by atoms with Crippen molar-refractivity contribution in [2.75, 3.05) is 40.4 Å². The second-order valence-electron chi connectivity index (χ2n) is 6.03. The van der Waals surface area contributed by atoms with E-state index in [4.69, 9.17) is 4.74 Å². The normalized spacial score (nSPS) is 18.3. The lowest BCUT2D eigenvalue weighted by molar-refractivity contribution is -0.274. The highest BCUT2D eigenvalue weighted by Gasteiger charge is 2.30. The summed E-state index contributed by atoms with van der Waals surface area (Å²) >= 11 is 0. The lowest BCUT2D eigenvalue weighted by Gasteiger charge is -2.24. The highest BCUT2D eigenvalue weighted by Crippen LogP contribution is 2.22. The van der Waals surface area contributed by atoms with Gasteiger partial charge in [0.25, 0.3) is 0 Å². The molecular formula is C17H24F3N3O2. The average Bonchev–Trinajstić information content (AvgIpc) is 3.04. The number of nitrogens with one attached hydrogen (secondary N) is 1. The van der Waals surface area contributed by atoms with Gasteiger partial charge in [0, 0.05) is 39.7 Å². The summed E-state index contributed by atoms with van der Waals surface area (Å²) in [5.41, 5.74) is 0.921. The van der Waals surface area contributed by atoms with Gasteiger partial charge in [0.05, 0.1) is 6.61 Å². The van der Waals surface area contributed by atoms with E-state index in [-0.39, 0.29) is 5.75 Å². The molecular weight excluding hydrogens is 335 g/mol. The molecule has 0 spiro atoms. The Morgan fingerprint density at radius 2 is 2.08 bits per heavy atom. The van der Waals surface area contributed by atoms with Crippen LogP contribution in [0.2, 0.25) is 0 Å². The van der Waals surface area contributed by atoms with Gasteiger partial charge in [-0.3, -0.25) is 4.99 Å². The van der Waals surface area contributed by atoms with Crippen molar-refractivity contribution in [3.8, 4) is 5.75 Å². The second kappa shape index (κ2) is 8.94. The minimum atomic E-state index is -4.66. The number of benzene rings is 1. The maximum Gasteiger partial charge on any atom is 0.573 e. The fraction of sp³-hybridized carbons (Fsp3) is 0.588. The molecule has 1 aromatic carbocycles. The fourth-order valence-corrected chi connectivity index (χ4v) is 2.76. The van der Waals surface area contributed by atoms with Crippen molar-refractivity contribution in [2.24, 2.45) is 10.9 Å². The number of ether oxygens (including phenoxy) is 2. The van der Waals surface area contributed by atoms with E-state index in [1.54, 1.807) is 19.2 Å². The van der Waals surface area contributed by atoms with E-state index in [1.807, 2.05) is 7.05 Å². The number of hydrogen-bond donors (Lipinski definition) is 1. The molecule has 1 heterocycles. The van der Waals surface area contributed by atoms with Crippen LogP contribution in [0.15, 0.2) is 29.3 Å². The van der Waals surface area contributed by atoms with E-state index in [9.17, 15) is 13.2 Å². The summed E-state index contributed by atoms with van der Waals surface area (Å²) in [7, 11) is 3.71. The molecule has 0 aromatic heterocycles. The molecule has 1 N–H and O–H groups in total. The molecule has 1 aliphatic heterocycles. The van der Waals surface area contributed by atoms with Gasteiger partial charge in [-0.2, -0.15) is 0 Å². The molecule has 0 radical (unpaired) electrons. The molecule has 1 aliphatic rings. The lowest BCUT2D eigenvalue weighted by Crippen LogP contribution is -2.42. The summed E-state index contributed by atoms with van der Waals surface area (Å²) in [6, 6.07) is 5.91. The zero-order valence-corrected chi connectivity index (χ0v) is 14.5. The third kappa shape index (κ3) is 6.81. The first kappa shape index (κ1) is 19.4. The van der Waals surface area contributed by atoms with Crippen LogP contribution >= 0.6 is 0 Å². The molecule has 0 aliphatic carbocycles. The molecule has 1 atom stereocenters. The van der Waals surface area contributed by atoms with Crippen LogP contribution in [0, 0.1) is 5.92 Å². The van der Waals surface area contributed by atoms with Crippen LogP contribution in [0.5, 0.6) is 5.75 Å². The topological polar surface area (TPSA) is 46.1 Å². The first-order chi connectivity index (χ1) is 11.9. The smallest absolute Gasteiger partial charge is 0.406 e. The fourth-order valence-electron chi connectivity index (χ4n) is 2.76. The van der Waals surface area contributed by atoms with E-state index < -0.39 is 6.36 Å². The maximum atomic E-state index is 12.1. The quantitative estimate of drug-likeness (QED) is 0.627. The van der Waals surface area contributed by atoms with Gasteiger partial charge >= 0.3 is 6.36 Å². The van der Waals surface area contributed by atoms with Gasteiger partial charge in [-0.25, -0.2) is 0 Å². The van der Waals surface area contributed by atoms with Crippen molar-refractivity contribution < 1.29 is 22.6 Å². The molecule has 5 nitrogen and oxygen atoms in total. The first-order valence-corrected chi connectivity index (χ1v) is 8.21. The number of halogens is 3. The molecule has 1 saturated heterocycles. The van der Waals surface area contributed by atoms with Crippen molar-refractivity contribution in [1.82, 2.24) is 10.2 Å². The Morgan fingerprint density at radius 3 is 2.64 bits per heavy atom. The molecule has 1 unspecified atom stereocenters. The van der Waals surface area contributed by atoms with Gasteiger partial charge in [-0.15, -0.1) is 13.2 Å². The number of guanidine groups is 1. The minimum absolute atomic E-state index is 0.210. The molecule has 8 heteroatoms. The minimum Gasteiger partial charge on any atom is -0.406 e. The summed E-state index contributed by atoms with van der Waals surface area (Å²) < 4.78 is 45.6. The van der Waals surface area contributed by atoms with Crippen LogP contribution in [-0.4, -0.2) is 57.6 Å². The monoisotopic (exact) mass is 359 g/mol. The summed E-state index contributed by atoms with van der Waals surface area (Å²) in [6.07, 6.45) is -2.93. The van der Waals surface area contributed by atoms with Crippen LogP contribution in [-0.2, 0) is 11.2 Å². The van der Waals surface area contributed by atoms with Gasteiger partial charge in [0.15, 0.2) is 5.96 Å². The van der Waals surface area contributed by atoms with Crippen molar-refractivity contribution in [1.29, 1.82) is 0 Å². The van der Waals surface area contributed by atoms with Gasteiger partial charge < -0.3 is 19.7 Å². The van der Waals surface area contributed by atoms with Crippen LogP contribution in [0.4, 0.5) is 13.2 Å². The van der Waals surface area contributed by atoms with Crippen molar-refractivity contribution in [3.05, 3.63) is 29.8 Å². The Labute approximate surface area is 145 Å². The number of nitrogens with zero attached hydrogens (tertiary/aromatic N) is 2. The molecule has 0 bridgehead atoms. The van der Waals surface area contributed by atoms with Crippen LogP contribution in [0.1, 0.15) is 12.0 Å². The van der Waals surface area contributed by atoms with Crippen LogP contribution in [0.3, 0.4) is 0 Å². The third-order valence-corrected chi connectivity index (χ3v) is 3.98. The first-order valence-electron chi connectivity index (χ1n) is 8.21. The Kier molecular flexibility index (Phi) is 6.92. The molecule has 1 aromatic rings. The molecule has 140 valence electrons. The summed E-state index contributed by atoms with van der Waals surface area (Å²) in [4.78, 5) is 6.33. The van der Waals surface area contributed by atoms with Gasteiger partial charge in [-0.1, -0.05) is 12.1 Å². The molecule has 0 amide bonds. The zero-order valence-electron chi connectivity index (χ0n) is 14.5. The molecule has 2 rings (SSSR count). The maximum absolute atomic E-state index is 12.1. The number of aliphatic imine (C=N–C) groups is 1. The lowest BCUT2D eigenvalue weighted by atomic mass is 10.1. The summed E-state index contributed by atoms with van der Waals surface area (Å²) in [6.45, 7) is 3.12. The SMILES string of the molecule is CN=C(NCCc1ccc(OC(F)(F)F)cc1)N(C)CC1CCOC1. The highest BCUT2D eigenvalue weighted by atomic mass is 19.4. The van der Waals surface area contributed by atoms with Gasteiger partial charge in [-0.05, 0) is 30.5 Å². The van der Waals surface area contributed by atoms with Crippen molar-refractivity contribution >= 4 is 5.96 Å². The number of hydrogen-bond acceptors (Lipinski definition) is 3. The second-order valence-corrected chi connectivity index (χ2v) is 6.03. The number of rotatable bonds is 6. The molecule has 0 saturated carbocycles. The Hall–Kier alpha value is -1.96. The van der Waals surface area contributed by atoms with E-state index in [1.165, 1.54) is 12.1 Å². The Bertz CT molecular complexity index is 555. The van der Waals surface area contributed by atoms with E-state index in [0.717, 1.165) is 37.7 Å². The zero-order chi connectivity index (χ0) is 18.3.